The van der Waals surface area contributed by atoms with Crippen molar-refractivity contribution in [1.82, 2.24) is 0 Å². The van der Waals surface area contributed by atoms with E-state index in [2.05, 4.69) is 6.58 Å². The zero-order valence-electron chi connectivity index (χ0n) is 8.45. The van der Waals surface area contributed by atoms with Gasteiger partial charge in [-0.2, -0.15) is 0 Å². The molecule has 1 aromatic rings. The Morgan fingerprint density at radius 3 is 2.27 bits per heavy atom. The molecule has 0 aromatic heterocycles. The molecular formula is C12H16O3. The van der Waals surface area contributed by atoms with Gasteiger partial charge in [-0.15, -0.1) is 6.58 Å². The van der Waals surface area contributed by atoms with Crippen molar-refractivity contribution in [1.29, 1.82) is 0 Å². The van der Waals surface area contributed by atoms with Crippen molar-refractivity contribution in [2.24, 2.45) is 0 Å². The van der Waals surface area contributed by atoms with E-state index in [0.717, 1.165) is 5.56 Å². The quantitative estimate of drug-likeness (QED) is 0.623. The minimum atomic E-state index is -1.15. The first-order chi connectivity index (χ1) is 7.20. The van der Waals surface area contributed by atoms with Gasteiger partial charge in [-0.1, -0.05) is 36.4 Å². The van der Waals surface area contributed by atoms with E-state index in [1.54, 1.807) is 6.08 Å². The fourth-order valence-electron chi connectivity index (χ4n) is 1.50. The summed E-state index contributed by atoms with van der Waals surface area (Å²) in [5.41, 5.74) is 0.868. The Kier molecular flexibility index (Phi) is 4.49. The third-order valence-electron chi connectivity index (χ3n) is 2.39. The summed E-state index contributed by atoms with van der Waals surface area (Å²) in [4.78, 5) is 0. The molecule has 0 saturated heterocycles. The highest BCUT2D eigenvalue weighted by Crippen LogP contribution is 2.22. The monoisotopic (exact) mass is 208 g/mol. The van der Waals surface area contributed by atoms with Crippen LogP contribution in [0, 0.1) is 0 Å². The highest BCUT2D eigenvalue weighted by molar-refractivity contribution is 5.25. The van der Waals surface area contributed by atoms with Crippen molar-refractivity contribution in [3.63, 3.8) is 0 Å². The predicted octanol–water partition coefficient (Wildman–Crippen LogP) is 0.670. The highest BCUT2D eigenvalue weighted by Gasteiger charge is 2.24. The summed E-state index contributed by atoms with van der Waals surface area (Å²) in [7, 11) is 0. The number of hydrogen-bond donors (Lipinski definition) is 3. The Morgan fingerprint density at radius 2 is 1.80 bits per heavy atom. The van der Waals surface area contributed by atoms with Crippen LogP contribution in [-0.4, -0.2) is 34.1 Å². The maximum Gasteiger partial charge on any atom is 0.104 e. The standard InChI is InChI=1S/C12H16O3/c1-2-10(12(15)11(14)8-13)9-6-4-3-5-7-9/h2-7,10-15H,1,8H2/t10-,11-,12-/m1/s1. The molecule has 3 atom stereocenters. The second kappa shape index (κ2) is 5.66. The van der Waals surface area contributed by atoms with E-state index in [4.69, 9.17) is 5.11 Å². The molecule has 0 spiro atoms. The van der Waals surface area contributed by atoms with Crippen LogP contribution in [0.2, 0.25) is 0 Å². The Bertz CT molecular complexity index is 297. The van der Waals surface area contributed by atoms with Gasteiger partial charge in [0.15, 0.2) is 0 Å². The second-order valence-corrected chi connectivity index (χ2v) is 3.41. The number of rotatable bonds is 5. The zero-order valence-corrected chi connectivity index (χ0v) is 8.45. The van der Waals surface area contributed by atoms with Gasteiger partial charge in [-0.05, 0) is 5.56 Å². The van der Waals surface area contributed by atoms with E-state index >= 15 is 0 Å². The summed E-state index contributed by atoms with van der Waals surface area (Å²) >= 11 is 0. The molecule has 0 unspecified atom stereocenters. The van der Waals surface area contributed by atoms with Crippen LogP contribution in [0.1, 0.15) is 11.5 Å². The summed E-state index contributed by atoms with van der Waals surface area (Å²) in [5, 5.41) is 27.8. The lowest BCUT2D eigenvalue weighted by Crippen LogP contribution is -2.34. The average Bonchev–Trinajstić information content (AvgIpc) is 2.30. The zero-order chi connectivity index (χ0) is 11.3. The summed E-state index contributed by atoms with van der Waals surface area (Å²) in [6, 6.07) is 9.27. The van der Waals surface area contributed by atoms with E-state index in [1.807, 2.05) is 30.3 Å². The Morgan fingerprint density at radius 1 is 1.20 bits per heavy atom. The van der Waals surface area contributed by atoms with Crippen LogP contribution in [0.3, 0.4) is 0 Å². The van der Waals surface area contributed by atoms with Crippen molar-refractivity contribution < 1.29 is 15.3 Å². The fourth-order valence-corrected chi connectivity index (χ4v) is 1.50. The summed E-state index contributed by atoms with van der Waals surface area (Å²) < 4.78 is 0. The maximum atomic E-state index is 9.75. The van der Waals surface area contributed by atoms with E-state index in [9.17, 15) is 10.2 Å². The largest absolute Gasteiger partial charge is 0.394 e. The SMILES string of the molecule is C=C[C@H](c1ccccc1)[C@@H](O)[C@H](O)CO. The first kappa shape index (κ1) is 11.9. The number of benzene rings is 1. The Labute approximate surface area is 89.3 Å². The minimum absolute atomic E-state index is 0.367. The molecule has 3 nitrogen and oxygen atoms in total. The fraction of sp³-hybridized carbons (Fsp3) is 0.333. The van der Waals surface area contributed by atoms with Gasteiger partial charge in [-0.25, -0.2) is 0 Å². The molecule has 0 heterocycles. The molecule has 0 bridgehead atoms. The van der Waals surface area contributed by atoms with E-state index in [0.29, 0.717) is 0 Å². The minimum Gasteiger partial charge on any atom is -0.394 e. The van der Waals surface area contributed by atoms with Crippen LogP contribution in [0.15, 0.2) is 43.0 Å². The molecule has 0 amide bonds. The van der Waals surface area contributed by atoms with Crippen LogP contribution in [0.4, 0.5) is 0 Å². The van der Waals surface area contributed by atoms with Crippen molar-refractivity contribution in [2.45, 2.75) is 18.1 Å². The Hall–Kier alpha value is -1.16. The Balaban J connectivity index is 2.85. The van der Waals surface area contributed by atoms with Gasteiger partial charge in [0.05, 0.1) is 12.7 Å². The maximum absolute atomic E-state index is 9.75. The van der Waals surface area contributed by atoms with E-state index in [-0.39, 0.29) is 5.92 Å². The van der Waals surface area contributed by atoms with Crippen LogP contribution >= 0.6 is 0 Å². The van der Waals surface area contributed by atoms with E-state index in [1.165, 1.54) is 0 Å². The lowest BCUT2D eigenvalue weighted by Gasteiger charge is -2.23. The van der Waals surface area contributed by atoms with E-state index < -0.39 is 18.8 Å². The number of hydrogen-bond acceptors (Lipinski definition) is 3. The molecular weight excluding hydrogens is 192 g/mol. The van der Waals surface area contributed by atoms with Crippen LogP contribution in [-0.2, 0) is 0 Å². The summed E-state index contributed by atoms with van der Waals surface area (Å²) in [6.45, 7) is 3.16. The average molecular weight is 208 g/mol. The molecule has 0 aliphatic heterocycles. The predicted molar refractivity (Wildman–Crippen MR) is 58.5 cm³/mol. The van der Waals surface area contributed by atoms with Gasteiger partial charge in [-0.3, -0.25) is 0 Å². The summed E-state index contributed by atoms with van der Waals surface area (Å²) in [6.07, 6.45) is -0.609. The van der Waals surface area contributed by atoms with Gasteiger partial charge in [0.25, 0.3) is 0 Å². The summed E-state index contributed by atoms with van der Waals surface area (Å²) in [5.74, 6) is -0.367. The normalized spacial score (nSPS) is 16.7. The van der Waals surface area contributed by atoms with Crippen LogP contribution < -0.4 is 0 Å². The molecule has 15 heavy (non-hydrogen) atoms. The lowest BCUT2D eigenvalue weighted by molar-refractivity contribution is -0.0202. The van der Waals surface area contributed by atoms with Gasteiger partial charge < -0.3 is 15.3 Å². The molecule has 1 aromatic carbocycles. The molecule has 1 rings (SSSR count). The van der Waals surface area contributed by atoms with Crippen molar-refractivity contribution in [2.75, 3.05) is 6.61 Å². The van der Waals surface area contributed by atoms with Crippen LogP contribution in [0.25, 0.3) is 0 Å². The molecule has 3 heteroatoms. The van der Waals surface area contributed by atoms with Crippen molar-refractivity contribution in [3.05, 3.63) is 48.6 Å². The van der Waals surface area contributed by atoms with Gasteiger partial charge >= 0.3 is 0 Å². The lowest BCUT2D eigenvalue weighted by atomic mass is 9.90. The van der Waals surface area contributed by atoms with Gasteiger partial charge in [0.1, 0.15) is 6.10 Å². The molecule has 0 radical (unpaired) electrons. The van der Waals surface area contributed by atoms with Crippen molar-refractivity contribution in [3.8, 4) is 0 Å². The molecule has 0 saturated carbocycles. The third kappa shape index (κ3) is 2.89. The topological polar surface area (TPSA) is 60.7 Å². The van der Waals surface area contributed by atoms with Crippen LogP contribution in [0.5, 0.6) is 0 Å². The number of aliphatic hydroxyl groups excluding tert-OH is 3. The smallest absolute Gasteiger partial charge is 0.104 e. The first-order valence-corrected chi connectivity index (χ1v) is 4.85. The number of aliphatic hydroxyl groups is 3. The molecule has 82 valence electrons. The molecule has 0 fully saturated rings. The molecule has 0 aliphatic carbocycles. The molecule has 3 N–H and O–H groups in total. The van der Waals surface area contributed by atoms with Crippen molar-refractivity contribution >= 4 is 0 Å². The van der Waals surface area contributed by atoms with Gasteiger partial charge in [0, 0.05) is 5.92 Å². The molecule has 0 aliphatic rings. The second-order valence-electron chi connectivity index (χ2n) is 3.41. The highest BCUT2D eigenvalue weighted by atomic mass is 16.4. The first-order valence-electron chi connectivity index (χ1n) is 4.85. The van der Waals surface area contributed by atoms with Gasteiger partial charge in [0.2, 0.25) is 0 Å². The third-order valence-corrected chi connectivity index (χ3v) is 2.39.